The van der Waals surface area contributed by atoms with Crippen molar-refractivity contribution in [2.75, 3.05) is 5.32 Å². The Morgan fingerprint density at radius 3 is 2.72 bits per heavy atom. The van der Waals surface area contributed by atoms with E-state index in [0.717, 1.165) is 22.2 Å². The van der Waals surface area contributed by atoms with Crippen LogP contribution in [-0.2, 0) is 0 Å². The van der Waals surface area contributed by atoms with E-state index in [-0.39, 0.29) is 11.5 Å². The molecular formula is C22H17N3O3S. The van der Waals surface area contributed by atoms with E-state index < -0.39 is 5.97 Å². The second kappa shape index (κ2) is 7.73. The number of rotatable bonds is 5. The van der Waals surface area contributed by atoms with Gasteiger partial charge in [0.25, 0.3) is 5.91 Å². The van der Waals surface area contributed by atoms with Crippen molar-refractivity contribution in [2.24, 2.45) is 0 Å². The summed E-state index contributed by atoms with van der Waals surface area (Å²) in [6.07, 6.45) is 3.64. The Kier molecular flexibility index (Phi) is 4.97. The van der Waals surface area contributed by atoms with Crippen LogP contribution in [0.3, 0.4) is 0 Å². The highest BCUT2D eigenvalue weighted by Gasteiger charge is 2.14. The summed E-state index contributed by atoms with van der Waals surface area (Å²) in [5, 5.41) is 22.3. The molecule has 0 bridgehead atoms. The van der Waals surface area contributed by atoms with Gasteiger partial charge in [-0.25, -0.2) is 4.79 Å². The molecule has 4 aromatic rings. The first-order valence-electron chi connectivity index (χ1n) is 8.87. The lowest BCUT2D eigenvalue weighted by atomic mass is 10.1. The average Bonchev–Trinajstić information content (AvgIpc) is 3.33. The Hall–Kier alpha value is -3.71. The number of anilines is 1. The number of amides is 1. The summed E-state index contributed by atoms with van der Waals surface area (Å²) in [4.78, 5) is 24.6. The van der Waals surface area contributed by atoms with Crippen molar-refractivity contribution >= 4 is 52.0 Å². The van der Waals surface area contributed by atoms with Crippen LogP contribution in [0.15, 0.2) is 53.9 Å². The maximum absolute atomic E-state index is 12.6. The number of aromatic amines is 1. The van der Waals surface area contributed by atoms with Gasteiger partial charge in [0.2, 0.25) is 0 Å². The number of nitrogens with zero attached hydrogens (tertiary/aromatic N) is 1. The Morgan fingerprint density at radius 1 is 1.14 bits per heavy atom. The zero-order chi connectivity index (χ0) is 20.4. The molecule has 7 heteroatoms. The maximum atomic E-state index is 12.6. The van der Waals surface area contributed by atoms with Gasteiger partial charge < -0.3 is 10.4 Å². The fourth-order valence-electron chi connectivity index (χ4n) is 3.01. The molecule has 2 aromatic carbocycles. The minimum atomic E-state index is -1.05. The van der Waals surface area contributed by atoms with Crippen LogP contribution in [0, 0.1) is 6.92 Å². The van der Waals surface area contributed by atoms with E-state index in [1.54, 1.807) is 6.07 Å². The van der Waals surface area contributed by atoms with Crippen molar-refractivity contribution in [3.63, 3.8) is 0 Å². The van der Waals surface area contributed by atoms with Crippen molar-refractivity contribution in [1.29, 1.82) is 0 Å². The highest BCUT2D eigenvalue weighted by Crippen LogP contribution is 2.25. The molecule has 144 valence electrons. The zero-order valence-electron chi connectivity index (χ0n) is 15.5. The molecule has 4 rings (SSSR count). The van der Waals surface area contributed by atoms with Gasteiger partial charge in [-0.05, 0) is 53.8 Å². The molecule has 0 radical (unpaired) electrons. The second-order valence-electron chi connectivity index (χ2n) is 6.48. The van der Waals surface area contributed by atoms with Crippen LogP contribution in [0.25, 0.3) is 23.1 Å². The number of benzene rings is 2. The molecule has 0 aliphatic heterocycles. The minimum absolute atomic E-state index is 0.102. The highest BCUT2D eigenvalue weighted by molar-refractivity contribution is 7.12. The molecule has 0 saturated heterocycles. The van der Waals surface area contributed by atoms with Crippen LogP contribution in [0.2, 0.25) is 0 Å². The zero-order valence-corrected chi connectivity index (χ0v) is 16.3. The first kappa shape index (κ1) is 18.6. The molecule has 29 heavy (non-hydrogen) atoms. The number of hydrogen-bond acceptors (Lipinski definition) is 4. The lowest BCUT2D eigenvalue weighted by Gasteiger charge is -2.10. The van der Waals surface area contributed by atoms with Gasteiger partial charge in [0.1, 0.15) is 0 Å². The van der Waals surface area contributed by atoms with Gasteiger partial charge >= 0.3 is 5.97 Å². The van der Waals surface area contributed by atoms with Crippen LogP contribution in [0.4, 0.5) is 5.69 Å². The summed E-state index contributed by atoms with van der Waals surface area (Å²) in [5.74, 6) is -1.32. The molecule has 2 aromatic heterocycles. The number of carbonyl (C=O) groups excluding carboxylic acids is 1. The molecule has 0 spiro atoms. The van der Waals surface area contributed by atoms with Crippen molar-refractivity contribution in [3.05, 3.63) is 81.2 Å². The van der Waals surface area contributed by atoms with Crippen LogP contribution in [0.5, 0.6) is 0 Å². The number of carbonyl (C=O) groups is 2. The van der Waals surface area contributed by atoms with E-state index in [4.69, 9.17) is 0 Å². The molecule has 0 aliphatic carbocycles. The van der Waals surface area contributed by atoms with Crippen LogP contribution < -0.4 is 5.32 Å². The molecule has 0 saturated carbocycles. The van der Waals surface area contributed by atoms with Gasteiger partial charge in [0.15, 0.2) is 0 Å². The molecule has 6 nitrogen and oxygen atoms in total. The van der Waals surface area contributed by atoms with Gasteiger partial charge in [0.05, 0.1) is 21.7 Å². The van der Waals surface area contributed by atoms with E-state index in [1.807, 2.05) is 54.8 Å². The molecule has 3 N–H and O–H groups in total. The summed E-state index contributed by atoms with van der Waals surface area (Å²) < 4.78 is 0. The van der Waals surface area contributed by atoms with Gasteiger partial charge in [0, 0.05) is 11.1 Å². The fraction of sp³-hybridized carbons (Fsp3) is 0.0455. The van der Waals surface area contributed by atoms with Crippen LogP contribution in [0.1, 0.15) is 36.9 Å². The number of fused-ring (bicyclic) bond motifs is 1. The average molecular weight is 403 g/mol. The van der Waals surface area contributed by atoms with E-state index in [9.17, 15) is 14.7 Å². The Labute approximate surface area is 170 Å². The summed E-state index contributed by atoms with van der Waals surface area (Å²) in [7, 11) is 0. The largest absolute Gasteiger partial charge is 0.478 e. The van der Waals surface area contributed by atoms with Crippen molar-refractivity contribution < 1.29 is 14.7 Å². The second-order valence-corrected chi connectivity index (χ2v) is 7.40. The number of carboxylic acid groups (broad SMARTS) is 1. The van der Waals surface area contributed by atoms with E-state index in [1.165, 1.54) is 23.5 Å². The maximum Gasteiger partial charge on any atom is 0.335 e. The number of hydrogen-bond donors (Lipinski definition) is 3. The Morgan fingerprint density at radius 2 is 1.97 bits per heavy atom. The molecule has 0 aliphatic rings. The van der Waals surface area contributed by atoms with Gasteiger partial charge in [-0.15, -0.1) is 11.3 Å². The topological polar surface area (TPSA) is 95.1 Å². The lowest BCUT2D eigenvalue weighted by molar-refractivity contribution is 0.0696. The number of thiophene rings is 1. The van der Waals surface area contributed by atoms with Gasteiger partial charge in [-0.1, -0.05) is 30.3 Å². The quantitative estimate of drug-likeness (QED) is 0.434. The Bertz CT molecular complexity index is 1250. The van der Waals surface area contributed by atoms with E-state index in [0.29, 0.717) is 16.1 Å². The molecule has 0 unspecified atom stereocenters. The molecule has 0 fully saturated rings. The monoisotopic (exact) mass is 403 g/mol. The predicted octanol–water partition coefficient (Wildman–Crippen LogP) is 5.05. The molecule has 2 heterocycles. The third kappa shape index (κ3) is 3.81. The predicted molar refractivity (Wildman–Crippen MR) is 115 cm³/mol. The number of aromatic nitrogens is 2. The Balaban J connectivity index is 1.70. The van der Waals surface area contributed by atoms with E-state index in [2.05, 4.69) is 15.5 Å². The standard InChI is InChI=1S/C22H17N3O3S/c1-13-10-11-29-20(13)21(26)23-19-12-15(22(27)28)7-6-14(19)8-9-18-16-4-2-3-5-17(16)24-25-18/h2-12H,1H3,(H,23,26)(H,24,25)(H,27,28). The summed E-state index contributed by atoms with van der Waals surface area (Å²) >= 11 is 1.35. The summed E-state index contributed by atoms with van der Waals surface area (Å²) in [6, 6.07) is 14.3. The normalized spacial score (nSPS) is 11.2. The van der Waals surface area contributed by atoms with Gasteiger partial charge in [-0.3, -0.25) is 9.89 Å². The molecular weight excluding hydrogens is 386 g/mol. The van der Waals surface area contributed by atoms with Crippen LogP contribution >= 0.6 is 11.3 Å². The van der Waals surface area contributed by atoms with Crippen molar-refractivity contribution in [3.8, 4) is 0 Å². The third-order valence-electron chi connectivity index (χ3n) is 4.54. The molecule has 1 amide bonds. The smallest absolute Gasteiger partial charge is 0.335 e. The summed E-state index contributed by atoms with van der Waals surface area (Å²) in [6.45, 7) is 1.86. The minimum Gasteiger partial charge on any atom is -0.478 e. The SMILES string of the molecule is Cc1ccsc1C(=O)Nc1cc(C(=O)O)ccc1C=Cc1n[nH]c2ccccc12. The van der Waals surface area contributed by atoms with Crippen LogP contribution in [-0.4, -0.2) is 27.2 Å². The number of carboxylic acids is 1. The summed E-state index contributed by atoms with van der Waals surface area (Å²) in [5.41, 5.74) is 3.78. The molecule has 0 atom stereocenters. The first-order chi connectivity index (χ1) is 14.0. The van der Waals surface area contributed by atoms with E-state index >= 15 is 0 Å². The third-order valence-corrected chi connectivity index (χ3v) is 5.55. The number of aryl methyl sites for hydroxylation is 1. The number of nitrogens with one attached hydrogen (secondary N) is 2. The fourth-order valence-corrected chi connectivity index (χ4v) is 3.83. The lowest BCUT2D eigenvalue weighted by Crippen LogP contribution is -2.13. The van der Waals surface area contributed by atoms with Gasteiger partial charge in [-0.2, -0.15) is 5.10 Å². The number of para-hydroxylation sites is 1. The number of aromatic carboxylic acids is 1. The number of H-pyrrole nitrogens is 1. The van der Waals surface area contributed by atoms with Crippen molar-refractivity contribution in [2.45, 2.75) is 6.92 Å². The van der Waals surface area contributed by atoms with Crippen molar-refractivity contribution in [1.82, 2.24) is 10.2 Å². The highest BCUT2D eigenvalue weighted by atomic mass is 32.1. The first-order valence-corrected chi connectivity index (χ1v) is 9.75.